The van der Waals surface area contributed by atoms with Crippen LogP contribution >= 0.6 is 11.6 Å². The quantitative estimate of drug-likeness (QED) is 0.887. The molecule has 1 aromatic heterocycles. The van der Waals surface area contributed by atoms with Crippen LogP contribution in [-0.2, 0) is 11.3 Å². The molecule has 3 rings (SSSR count). The van der Waals surface area contributed by atoms with Crippen molar-refractivity contribution in [1.82, 2.24) is 5.32 Å². The Morgan fingerprint density at radius 1 is 1.32 bits per heavy atom. The Labute approximate surface area is 131 Å². The van der Waals surface area contributed by atoms with Gasteiger partial charge in [0.25, 0.3) is 0 Å². The lowest BCUT2D eigenvalue weighted by Crippen LogP contribution is -2.24. The van der Waals surface area contributed by atoms with Crippen molar-refractivity contribution in [2.45, 2.75) is 18.9 Å². The molecular formula is C16H14ClNO4. The molecule has 5 nitrogen and oxygen atoms in total. The molecule has 1 saturated carbocycles. The van der Waals surface area contributed by atoms with Crippen molar-refractivity contribution < 1.29 is 19.1 Å². The number of hydrogen-bond acceptors (Lipinski definition) is 3. The minimum absolute atomic E-state index is 0.0572. The largest absolute Gasteiger partial charge is 0.475 e. The number of carboxylic acid groups (broad SMARTS) is 1. The molecule has 6 heteroatoms. The second-order valence-electron chi connectivity index (χ2n) is 5.29. The summed E-state index contributed by atoms with van der Waals surface area (Å²) in [5, 5.41) is 12.2. The summed E-state index contributed by atoms with van der Waals surface area (Å²) in [7, 11) is 0. The lowest BCUT2D eigenvalue weighted by Gasteiger charge is -2.03. The average molecular weight is 320 g/mol. The molecule has 0 unspecified atom stereocenters. The van der Waals surface area contributed by atoms with Gasteiger partial charge in [0, 0.05) is 10.9 Å². The Morgan fingerprint density at radius 3 is 2.82 bits per heavy atom. The molecule has 0 spiro atoms. The third kappa shape index (κ3) is 3.14. The Hall–Kier alpha value is -2.27. The van der Waals surface area contributed by atoms with Crippen molar-refractivity contribution in [3.63, 3.8) is 0 Å². The molecule has 1 aromatic carbocycles. The number of rotatable bonds is 5. The maximum Gasteiger partial charge on any atom is 0.371 e. The Bertz CT molecular complexity index is 724. The van der Waals surface area contributed by atoms with Crippen LogP contribution in [0.2, 0.25) is 5.02 Å². The molecule has 2 aromatic rings. The van der Waals surface area contributed by atoms with Gasteiger partial charge in [-0.15, -0.1) is 0 Å². The molecule has 0 radical (unpaired) electrons. The molecule has 1 fully saturated rings. The van der Waals surface area contributed by atoms with Crippen molar-refractivity contribution in [3.05, 3.63) is 58.5 Å². The highest BCUT2D eigenvalue weighted by Gasteiger charge is 2.43. The summed E-state index contributed by atoms with van der Waals surface area (Å²) in [5.41, 5.74) is 1.07. The van der Waals surface area contributed by atoms with Crippen LogP contribution in [0, 0.1) is 5.92 Å². The molecule has 1 aliphatic rings. The first-order valence-electron chi connectivity index (χ1n) is 6.90. The average Bonchev–Trinajstić information content (AvgIpc) is 3.15. The first-order chi connectivity index (χ1) is 10.5. The van der Waals surface area contributed by atoms with Gasteiger partial charge in [-0.05, 0) is 42.2 Å². The lowest BCUT2D eigenvalue weighted by atomic mass is 10.1. The second kappa shape index (κ2) is 5.85. The van der Waals surface area contributed by atoms with Crippen LogP contribution in [-0.4, -0.2) is 17.0 Å². The van der Waals surface area contributed by atoms with Gasteiger partial charge < -0.3 is 14.8 Å². The fourth-order valence-electron chi connectivity index (χ4n) is 2.48. The van der Waals surface area contributed by atoms with Gasteiger partial charge in [0.2, 0.25) is 11.7 Å². The number of amides is 1. The van der Waals surface area contributed by atoms with E-state index in [0.29, 0.717) is 10.8 Å². The summed E-state index contributed by atoms with van der Waals surface area (Å²) in [5.74, 6) is -0.755. The number of aromatic carboxylic acids is 1. The number of carbonyl (C=O) groups excluding carboxylic acids is 1. The third-order valence-electron chi connectivity index (χ3n) is 3.71. The van der Waals surface area contributed by atoms with E-state index in [4.69, 9.17) is 21.1 Å². The van der Waals surface area contributed by atoms with E-state index in [0.717, 1.165) is 12.0 Å². The molecule has 114 valence electrons. The number of carboxylic acids is 1. The zero-order valence-corrected chi connectivity index (χ0v) is 12.3. The molecule has 0 bridgehead atoms. The van der Waals surface area contributed by atoms with Gasteiger partial charge in [-0.3, -0.25) is 4.79 Å². The predicted molar refractivity (Wildman–Crippen MR) is 79.8 cm³/mol. The van der Waals surface area contributed by atoms with Crippen LogP contribution < -0.4 is 5.32 Å². The highest BCUT2D eigenvalue weighted by atomic mass is 35.5. The summed E-state index contributed by atoms with van der Waals surface area (Å²) in [4.78, 5) is 22.8. The number of hydrogen-bond donors (Lipinski definition) is 2. The van der Waals surface area contributed by atoms with Gasteiger partial charge in [0.1, 0.15) is 5.76 Å². The molecule has 2 N–H and O–H groups in total. The molecule has 1 heterocycles. The third-order valence-corrected chi connectivity index (χ3v) is 3.95. The van der Waals surface area contributed by atoms with Gasteiger partial charge >= 0.3 is 5.97 Å². The van der Waals surface area contributed by atoms with E-state index in [2.05, 4.69) is 5.32 Å². The second-order valence-corrected chi connectivity index (χ2v) is 5.73. The van der Waals surface area contributed by atoms with Crippen molar-refractivity contribution in [2.24, 2.45) is 5.92 Å². The fourth-order valence-corrected chi connectivity index (χ4v) is 2.68. The van der Waals surface area contributed by atoms with Crippen LogP contribution in [0.25, 0.3) is 0 Å². The zero-order chi connectivity index (χ0) is 15.7. The molecule has 0 saturated heterocycles. The van der Waals surface area contributed by atoms with E-state index in [1.54, 1.807) is 12.1 Å². The molecule has 22 heavy (non-hydrogen) atoms. The van der Waals surface area contributed by atoms with Crippen molar-refractivity contribution in [1.29, 1.82) is 0 Å². The number of nitrogens with one attached hydrogen (secondary N) is 1. The molecule has 2 atom stereocenters. The van der Waals surface area contributed by atoms with Gasteiger partial charge in [-0.25, -0.2) is 4.79 Å². The van der Waals surface area contributed by atoms with Gasteiger partial charge in [0.05, 0.1) is 6.54 Å². The summed E-state index contributed by atoms with van der Waals surface area (Å²) >= 11 is 5.95. The van der Waals surface area contributed by atoms with Gasteiger partial charge in [0.15, 0.2) is 0 Å². The van der Waals surface area contributed by atoms with Gasteiger partial charge in [-0.1, -0.05) is 23.7 Å². The van der Waals surface area contributed by atoms with E-state index in [1.807, 2.05) is 18.2 Å². The van der Waals surface area contributed by atoms with Crippen LogP contribution in [0.3, 0.4) is 0 Å². The van der Waals surface area contributed by atoms with E-state index in [1.165, 1.54) is 6.07 Å². The number of carbonyl (C=O) groups is 2. The highest BCUT2D eigenvalue weighted by Crippen LogP contribution is 2.47. The van der Waals surface area contributed by atoms with Crippen molar-refractivity contribution in [3.8, 4) is 0 Å². The zero-order valence-electron chi connectivity index (χ0n) is 11.6. The predicted octanol–water partition coefficient (Wildman–Crippen LogP) is 3.05. The Morgan fingerprint density at radius 2 is 2.14 bits per heavy atom. The molecule has 0 aliphatic heterocycles. The van der Waals surface area contributed by atoms with Gasteiger partial charge in [-0.2, -0.15) is 0 Å². The standard InChI is InChI=1S/C16H14ClNO4/c17-10-3-1-2-9(6-10)12-7-13(12)15(19)18-8-11-4-5-14(22-11)16(20)21/h1-6,12-13H,7-8H2,(H,18,19)(H,20,21)/t12-,13+/m1/s1. The molecular weight excluding hydrogens is 306 g/mol. The number of halogens is 1. The minimum Gasteiger partial charge on any atom is -0.475 e. The van der Waals surface area contributed by atoms with E-state index in [9.17, 15) is 9.59 Å². The Kier molecular flexibility index (Phi) is 3.90. The normalized spacial score (nSPS) is 19.7. The first kappa shape index (κ1) is 14.7. The topological polar surface area (TPSA) is 79.5 Å². The van der Waals surface area contributed by atoms with Crippen molar-refractivity contribution in [2.75, 3.05) is 0 Å². The van der Waals surface area contributed by atoms with Crippen LogP contribution in [0.15, 0.2) is 40.8 Å². The highest BCUT2D eigenvalue weighted by molar-refractivity contribution is 6.30. The van der Waals surface area contributed by atoms with Crippen LogP contribution in [0.1, 0.15) is 34.2 Å². The summed E-state index contributed by atoms with van der Waals surface area (Å²) in [6.45, 7) is 0.185. The summed E-state index contributed by atoms with van der Waals surface area (Å²) in [6.07, 6.45) is 0.796. The Balaban J connectivity index is 1.54. The van der Waals surface area contributed by atoms with Crippen molar-refractivity contribution >= 4 is 23.5 Å². The van der Waals surface area contributed by atoms with Crippen LogP contribution in [0.4, 0.5) is 0 Å². The summed E-state index contributed by atoms with van der Waals surface area (Å²) < 4.78 is 5.09. The number of furan rings is 1. The minimum atomic E-state index is -1.12. The van der Waals surface area contributed by atoms with E-state index < -0.39 is 5.97 Å². The lowest BCUT2D eigenvalue weighted by molar-refractivity contribution is -0.122. The van der Waals surface area contributed by atoms with Crippen LogP contribution in [0.5, 0.6) is 0 Å². The molecule has 1 aliphatic carbocycles. The maximum atomic E-state index is 12.1. The monoisotopic (exact) mass is 319 g/mol. The smallest absolute Gasteiger partial charge is 0.371 e. The van der Waals surface area contributed by atoms with E-state index >= 15 is 0 Å². The maximum absolute atomic E-state index is 12.1. The fraction of sp³-hybridized carbons (Fsp3) is 0.250. The molecule has 1 amide bonds. The summed E-state index contributed by atoms with van der Waals surface area (Å²) in [6, 6.07) is 10.4. The van der Waals surface area contributed by atoms with E-state index in [-0.39, 0.29) is 30.0 Å². The number of benzene rings is 1. The SMILES string of the molecule is O=C(O)c1ccc(CNC(=O)[C@H]2C[C@@H]2c2cccc(Cl)c2)o1. The first-order valence-corrected chi connectivity index (χ1v) is 7.27.